The molecule has 0 aliphatic carbocycles. The average Bonchev–Trinajstić information content (AvgIpc) is 2.59. The summed E-state index contributed by atoms with van der Waals surface area (Å²) in [5.74, 6) is -0.362. The van der Waals surface area contributed by atoms with E-state index in [-0.39, 0.29) is 28.5 Å². The Bertz CT molecular complexity index is 683. The van der Waals surface area contributed by atoms with Crippen LogP contribution in [0.4, 0.5) is 5.69 Å². The lowest BCUT2D eigenvalue weighted by Gasteiger charge is -2.18. The molecule has 0 heterocycles. The van der Waals surface area contributed by atoms with Gasteiger partial charge in [0.1, 0.15) is 5.75 Å². The van der Waals surface area contributed by atoms with Crippen LogP contribution in [0.3, 0.4) is 0 Å². The lowest BCUT2D eigenvalue weighted by Crippen LogP contribution is -2.34. The summed E-state index contributed by atoms with van der Waals surface area (Å²) in [6.45, 7) is 7.25. The molecule has 0 fully saturated rings. The van der Waals surface area contributed by atoms with Crippen molar-refractivity contribution in [1.82, 2.24) is 10.2 Å². The maximum atomic E-state index is 12.4. The number of carbonyl (C=O) groups is 1. The Hall–Kier alpha value is -2.52. The number of benzene rings is 1. The van der Waals surface area contributed by atoms with E-state index < -0.39 is 0 Å². The monoisotopic (exact) mass is 383 g/mol. The molecular weight excluding hydrogens is 358 g/mol. The normalized spacial score (nSPS) is 11.3. The van der Waals surface area contributed by atoms with E-state index in [4.69, 9.17) is 33.5 Å². The van der Waals surface area contributed by atoms with Crippen LogP contribution >= 0.6 is 11.6 Å². The van der Waals surface area contributed by atoms with Gasteiger partial charge in [-0.3, -0.25) is 4.79 Å². The molecule has 10 heteroatoms. The summed E-state index contributed by atoms with van der Waals surface area (Å²) in [5, 5.41) is 3.07. The minimum atomic E-state index is -0.288. The molecule has 0 aliphatic rings. The van der Waals surface area contributed by atoms with Crippen molar-refractivity contribution < 1.29 is 9.53 Å². The molecule has 0 saturated carbocycles. The standard InChI is InChI=1S/C16H26ClN7O2/c1-4-24(5-2)7-6-21-14(25)10-8-11(17)12(9-13(10)26-3)22-16(20)23-15(18)19/h8-9H,4-7H2,1-3H3,(H,21,25)(H6,18,19,20,22,23). The highest BCUT2D eigenvalue weighted by molar-refractivity contribution is 6.33. The van der Waals surface area contributed by atoms with Crippen LogP contribution in [0.25, 0.3) is 0 Å². The number of rotatable bonds is 8. The van der Waals surface area contributed by atoms with E-state index in [2.05, 4.69) is 34.0 Å². The summed E-state index contributed by atoms with van der Waals surface area (Å²) in [5.41, 5.74) is 16.7. The summed E-state index contributed by atoms with van der Waals surface area (Å²) in [6.07, 6.45) is 0. The molecule has 0 spiro atoms. The number of nitrogens with one attached hydrogen (secondary N) is 1. The van der Waals surface area contributed by atoms with Gasteiger partial charge in [0.05, 0.1) is 23.4 Å². The third kappa shape index (κ3) is 6.41. The van der Waals surface area contributed by atoms with Crippen molar-refractivity contribution in [1.29, 1.82) is 0 Å². The van der Waals surface area contributed by atoms with E-state index in [9.17, 15) is 4.79 Å². The largest absolute Gasteiger partial charge is 0.496 e. The number of aliphatic imine (C=N–C) groups is 2. The topological polar surface area (TPSA) is 144 Å². The fraction of sp³-hybridized carbons (Fsp3) is 0.438. The summed E-state index contributed by atoms with van der Waals surface area (Å²) < 4.78 is 5.27. The number of carbonyl (C=O) groups excluding carboxylic acids is 1. The molecule has 7 N–H and O–H groups in total. The van der Waals surface area contributed by atoms with Gasteiger partial charge in [-0.2, -0.15) is 4.99 Å². The quantitative estimate of drug-likeness (QED) is 0.383. The second kappa shape index (κ2) is 10.5. The number of amides is 1. The molecule has 0 bridgehead atoms. The molecule has 1 aromatic carbocycles. The first-order chi connectivity index (χ1) is 12.3. The third-order valence-corrected chi connectivity index (χ3v) is 3.90. The molecule has 0 aliphatic heterocycles. The van der Waals surface area contributed by atoms with Gasteiger partial charge in [-0.1, -0.05) is 25.4 Å². The van der Waals surface area contributed by atoms with E-state index in [1.165, 1.54) is 19.2 Å². The Morgan fingerprint density at radius 1 is 1.27 bits per heavy atom. The number of guanidine groups is 2. The number of nitrogens with zero attached hydrogens (tertiary/aromatic N) is 3. The number of nitrogens with two attached hydrogens (primary N) is 3. The molecule has 0 radical (unpaired) electrons. The second-order valence-electron chi connectivity index (χ2n) is 5.29. The first kappa shape index (κ1) is 21.5. The average molecular weight is 384 g/mol. The molecule has 144 valence electrons. The van der Waals surface area contributed by atoms with Crippen molar-refractivity contribution in [2.45, 2.75) is 13.8 Å². The van der Waals surface area contributed by atoms with Crippen LogP contribution in [0.15, 0.2) is 22.1 Å². The van der Waals surface area contributed by atoms with E-state index in [0.717, 1.165) is 19.6 Å². The van der Waals surface area contributed by atoms with E-state index >= 15 is 0 Å². The first-order valence-corrected chi connectivity index (χ1v) is 8.52. The lowest BCUT2D eigenvalue weighted by atomic mass is 10.1. The number of ether oxygens (including phenoxy) is 1. The van der Waals surface area contributed by atoms with Gasteiger partial charge in [0, 0.05) is 19.2 Å². The second-order valence-corrected chi connectivity index (χ2v) is 5.70. The van der Waals surface area contributed by atoms with Crippen molar-refractivity contribution in [3.05, 3.63) is 22.7 Å². The molecule has 0 aromatic heterocycles. The van der Waals surface area contributed by atoms with Gasteiger partial charge in [-0.15, -0.1) is 0 Å². The van der Waals surface area contributed by atoms with Crippen LogP contribution in [0.1, 0.15) is 24.2 Å². The SMILES string of the molecule is CCN(CC)CCNC(=O)c1cc(Cl)c(N=C(N)N=C(N)N)cc1OC. The Kier molecular flexibility index (Phi) is 8.66. The smallest absolute Gasteiger partial charge is 0.255 e. The highest BCUT2D eigenvalue weighted by atomic mass is 35.5. The molecule has 1 amide bonds. The molecular formula is C16H26ClN7O2. The zero-order valence-corrected chi connectivity index (χ0v) is 16.0. The van der Waals surface area contributed by atoms with Crippen molar-refractivity contribution in [3.63, 3.8) is 0 Å². The Labute approximate surface area is 158 Å². The first-order valence-electron chi connectivity index (χ1n) is 8.14. The van der Waals surface area contributed by atoms with Crippen LogP contribution in [-0.4, -0.2) is 56.0 Å². The highest BCUT2D eigenvalue weighted by Crippen LogP contribution is 2.33. The Balaban J connectivity index is 2.98. The van der Waals surface area contributed by atoms with Gasteiger partial charge in [0.25, 0.3) is 5.91 Å². The predicted octanol–water partition coefficient (Wildman–Crippen LogP) is 0.640. The zero-order valence-electron chi connectivity index (χ0n) is 15.3. The van der Waals surface area contributed by atoms with Crippen LogP contribution in [0.5, 0.6) is 5.75 Å². The van der Waals surface area contributed by atoms with E-state index in [1.54, 1.807) is 0 Å². The summed E-state index contributed by atoms with van der Waals surface area (Å²) >= 11 is 6.20. The van der Waals surface area contributed by atoms with Crippen LogP contribution in [0, 0.1) is 0 Å². The molecule has 26 heavy (non-hydrogen) atoms. The van der Waals surface area contributed by atoms with Crippen molar-refractivity contribution in [2.24, 2.45) is 27.2 Å². The van der Waals surface area contributed by atoms with E-state index in [0.29, 0.717) is 17.9 Å². The maximum Gasteiger partial charge on any atom is 0.255 e. The van der Waals surface area contributed by atoms with Crippen molar-refractivity contribution in [2.75, 3.05) is 33.3 Å². The maximum absolute atomic E-state index is 12.4. The van der Waals surface area contributed by atoms with Crippen LogP contribution in [0.2, 0.25) is 5.02 Å². The van der Waals surface area contributed by atoms with Crippen LogP contribution < -0.4 is 27.3 Å². The minimum Gasteiger partial charge on any atom is -0.496 e. The summed E-state index contributed by atoms with van der Waals surface area (Å²) in [6, 6.07) is 2.96. The molecule has 1 aromatic rings. The number of methoxy groups -OCH3 is 1. The fourth-order valence-electron chi connectivity index (χ4n) is 2.22. The molecule has 1 rings (SSSR count). The number of halogens is 1. The third-order valence-electron chi connectivity index (χ3n) is 3.60. The summed E-state index contributed by atoms with van der Waals surface area (Å²) in [7, 11) is 1.45. The van der Waals surface area contributed by atoms with Gasteiger partial charge < -0.3 is 32.2 Å². The van der Waals surface area contributed by atoms with Gasteiger partial charge in [-0.05, 0) is 19.2 Å². The van der Waals surface area contributed by atoms with Gasteiger partial charge in [-0.25, -0.2) is 4.99 Å². The molecule has 9 nitrogen and oxygen atoms in total. The van der Waals surface area contributed by atoms with Gasteiger partial charge in [0.2, 0.25) is 5.96 Å². The summed E-state index contributed by atoms with van der Waals surface area (Å²) in [4.78, 5) is 22.3. The molecule has 0 atom stereocenters. The van der Waals surface area contributed by atoms with E-state index in [1.807, 2.05) is 0 Å². The Morgan fingerprint density at radius 2 is 1.92 bits per heavy atom. The number of hydrogen-bond acceptors (Lipinski definition) is 4. The highest BCUT2D eigenvalue weighted by Gasteiger charge is 2.16. The number of likely N-dealkylation sites (N-methyl/N-ethyl adjacent to an activating group) is 1. The fourth-order valence-corrected chi connectivity index (χ4v) is 2.42. The molecule has 0 unspecified atom stereocenters. The Morgan fingerprint density at radius 3 is 2.46 bits per heavy atom. The van der Waals surface area contributed by atoms with Crippen LogP contribution in [-0.2, 0) is 0 Å². The van der Waals surface area contributed by atoms with Gasteiger partial charge in [0.15, 0.2) is 5.96 Å². The zero-order chi connectivity index (χ0) is 19.7. The minimum absolute atomic E-state index is 0.162. The van der Waals surface area contributed by atoms with Crippen molar-refractivity contribution >= 4 is 35.1 Å². The van der Waals surface area contributed by atoms with Crippen molar-refractivity contribution in [3.8, 4) is 5.75 Å². The molecule has 0 saturated heterocycles. The van der Waals surface area contributed by atoms with Gasteiger partial charge >= 0.3 is 0 Å². The predicted molar refractivity (Wildman–Crippen MR) is 105 cm³/mol. The lowest BCUT2D eigenvalue weighted by molar-refractivity contribution is 0.0946. The number of hydrogen-bond donors (Lipinski definition) is 4.